The predicted octanol–water partition coefficient (Wildman–Crippen LogP) is 2.14. The summed E-state index contributed by atoms with van der Waals surface area (Å²) in [6.07, 6.45) is -0.0502. The van der Waals surface area contributed by atoms with Gasteiger partial charge < -0.3 is 15.1 Å². The number of carboxylic acid groups (broad SMARTS) is 1. The van der Waals surface area contributed by atoms with Crippen LogP contribution in [0.5, 0.6) is 5.75 Å². The summed E-state index contributed by atoms with van der Waals surface area (Å²) >= 11 is 11.5. The van der Waals surface area contributed by atoms with E-state index in [4.69, 9.17) is 28.3 Å². The minimum absolute atomic E-state index is 0.0177. The summed E-state index contributed by atoms with van der Waals surface area (Å²) in [5.41, 5.74) is 0.386. The van der Waals surface area contributed by atoms with Crippen LogP contribution < -0.4 is 4.90 Å². The van der Waals surface area contributed by atoms with Crippen molar-refractivity contribution < 1.29 is 19.8 Å². The van der Waals surface area contributed by atoms with Crippen molar-refractivity contribution in [2.45, 2.75) is 6.42 Å². The van der Waals surface area contributed by atoms with Crippen LogP contribution in [0, 0.1) is 5.92 Å². The Morgan fingerprint density at radius 1 is 1.33 bits per heavy atom. The monoisotopic (exact) mass is 289 g/mol. The van der Waals surface area contributed by atoms with Gasteiger partial charge in [0.15, 0.2) is 5.75 Å². The molecule has 2 rings (SSSR count). The summed E-state index contributed by atoms with van der Waals surface area (Å²) < 4.78 is 0. The Kier molecular flexibility index (Phi) is 3.36. The number of carbonyl (C=O) groups is 2. The van der Waals surface area contributed by atoms with E-state index in [1.807, 2.05) is 0 Å². The van der Waals surface area contributed by atoms with E-state index in [1.165, 1.54) is 17.0 Å². The summed E-state index contributed by atoms with van der Waals surface area (Å²) in [7, 11) is 0. The molecule has 1 aliphatic rings. The van der Waals surface area contributed by atoms with Crippen molar-refractivity contribution >= 4 is 40.8 Å². The number of anilines is 1. The molecular formula is C11H9Cl2NO4. The standard InChI is InChI=1S/C11H9Cl2NO4/c12-7-2-6(3-8(13)10(7)16)14-4-5(11(17)18)1-9(14)15/h2-3,5,16H,1,4H2,(H,17,18)/t5-/m1/s1. The first-order valence-electron chi connectivity index (χ1n) is 5.11. The number of nitrogens with zero attached hydrogens (tertiary/aromatic N) is 1. The molecule has 1 aromatic rings. The number of phenols is 1. The number of carboxylic acids is 1. The Hall–Kier alpha value is -1.46. The molecule has 0 saturated carbocycles. The molecular weight excluding hydrogens is 281 g/mol. The van der Waals surface area contributed by atoms with Crippen LogP contribution in [0.25, 0.3) is 0 Å². The van der Waals surface area contributed by atoms with Gasteiger partial charge in [0.1, 0.15) is 0 Å². The lowest BCUT2D eigenvalue weighted by Gasteiger charge is -2.17. The Morgan fingerprint density at radius 3 is 2.33 bits per heavy atom. The molecule has 2 N–H and O–H groups in total. The second kappa shape index (κ2) is 4.66. The first-order valence-corrected chi connectivity index (χ1v) is 5.87. The van der Waals surface area contributed by atoms with E-state index in [2.05, 4.69) is 0 Å². The molecule has 0 bridgehead atoms. The van der Waals surface area contributed by atoms with E-state index in [0.717, 1.165) is 0 Å². The van der Waals surface area contributed by atoms with Gasteiger partial charge in [0, 0.05) is 18.7 Å². The molecule has 0 radical (unpaired) electrons. The number of hydrogen-bond acceptors (Lipinski definition) is 3. The smallest absolute Gasteiger partial charge is 0.308 e. The highest BCUT2D eigenvalue weighted by atomic mass is 35.5. The molecule has 1 atom stereocenters. The average Bonchev–Trinajstić information content (AvgIpc) is 2.68. The molecule has 1 heterocycles. The molecule has 7 heteroatoms. The fourth-order valence-corrected chi connectivity index (χ4v) is 2.31. The fraction of sp³-hybridized carbons (Fsp3) is 0.273. The van der Waals surface area contributed by atoms with Gasteiger partial charge >= 0.3 is 5.97 Å². The molecule has 96 valence electrons. The van der Waals surface area contributed by atoms with Crippen molar-refractivity contribution in [3.8, 4) is 5.75 Å². The zero-order chi connectivity index (χ0) is 13.4. The van der Waals surface area contributed by atoms with Gasteiger partial charge in [-0.1, -0.05) is 23.2 Å². The van der Waals surface area contributed by atoms with Crippen LogP contribution in [-0.2, 0) is 9.59 Å². The Bertz CT molecular complexity index is 509. The number of halogens is 2. The number of hydrogen-bond donors (Lipinski definition) is 2. The molecule has 0 aromatic heterocycles. The van der Waals surface area contributed by atoms with Crippen LogP contribution >= 0.6 is 23.2 Å². The number of phenolic OH excluding ortho intramolecular Hbond substituents is 1. The van der Waals surface area contributed by atoms with Crippen molar-refractivity contribution in [2.75, 3.05) is 11.4 Å². The summed E-state index contributed by atoms with van der Waals surface area (Å²) in [6.45, 7) is 0.0750. The summed E-state index contributed by atoms with van der Waals surface area (Å²) in [5.74, 6) is -2.31. The number of rotatable bonds is 2. The van der Waals surface area contributed by atoms with Crippen molar-refractivity contribution in [3.05, 3.63) is 22.2 Å². The SMILES string of the molecule is O=C(O)[C@@H]1CC(=O)N(c2cc(Cl)c(O)c(Cl)c2)C1. The molecule has 0 spiro atoms. The molecule has 1 fully saturated rings. The van der Waals surface area contributed by atoms with Crippen molar-refractivity contribution in [2.24, 2.45) is 5.92 Å². The van der Waals surface area contributed by atoms with E-state index < -0.39 is 11.9 Å². The third kappa shape index (κ3) is 2.23. The highest BCUT2D eigenvalue weighted by Crippen LogP contribution is 2.37. The predicted molar refractivity (Wildman–Crippen MR) is 66.2 cm³/mol. The van der Waals surface area contributed by atoms with Gasteiger partial charge in [-0.15, -0.1) is 0 Å². The molecule has 0 aliphatic carbocycles. The maximum atomic E-state index is 11.7. The minimum Gasteiger partial charge on any atom is -0.505 e. The van der Waals surface area contributed by atoms with Crippen LogP contribution in [0.3, 0.4) is 0 Å². The second-order valence-corrected chi connectivity index (χ2v) is 4.82. The zero-order valence-corrected chi connectivity index (χ0v) is 10.6. The van der Waals surface area contributed by atoms with E-state index in [1.54, 1.807) is 0 Å². The Balaban J connectivity index is 2.33. The summed E-state index contributed by atoms with van der Waals surface area (Å²) in [4.78, 5) is 23.9. The van der Waals surface area contributed by atoms with Gasteiger partial charge in [-0.25, -0.2) is 0 Å². The van der Waals surface area contributed by atoms with Gasteiger partial charge in [-0.2, -0.15) is 0 Å². The van der Waals surface area contributed by atoms with E-state index in [-0.39, 0.29) is 34.7 Å². The topological polar surface area (TPSA) is 77.8 Å². The highest BCUT2D eigenvalue weighted by molar-refractivity contribution is 6.37. The van der Waals surface area contributed by atoms with Crippen LogP contribution in [0.15, 0.2) is 12.1 Å². The van der Waals surface area contributed by atoms with Crippen LogP contribution in [-0.4, -0.2) is 28.6 Å². The van der Waals surface area contributed by atoms with Crippen molar-refractivity contribution in [1.82, 2.24) is 0 Å². The van der Waals surface area contributed by atoms with Crippen LogP contribution in [0.4, 0.5) is 5.69 Å². The molecule has 1 aliphatic heterocycles. The van der Waals surface area contributed by atoms with Gasteiger partial charge in [-0.3, -0.25) is 9.59 Å². The molecule has 0 unspecified atom stereocenters. The summed E-state index contributed by atoms with van der Waals surface area (Å²) in [5, 5.41) is 18.3. The highest BCUT2D eigenvalue weighted by Gasteiger charge is 2.35. The first kappa shape index (κ1) is 13.0. The lowest BCUT2D eigenvalue weighted by molar-refractivity contribution is -0.141. The number of aromatic hydroxyl groups is 1. The molecule has 5 nitrogen and oxygen atoms in total. The van der Waals surface area contributed by atoms with E-state index >= 15 is 0 Å². The molecule has 18 heavy (non-hydrogen) atoms. The molecule has 1 amide bonds. The number of amides is 1. The quantitative estimate of drug-likeness (QED) is 0.874. The third-order valence-electron chi connectivity index (χ3n) is 2.79. The van der Waals surface area contributed by atoms with Gasteiger partial charge in [-0.05, 0) is 12.1 Å². The Morgan fingerprint density at radius 2 is 1.89 bits per heavy atom. The second-order valence-electron chi connectivity index (χ2n) is 4.00. The summed E-state index contributed by atoms with van der Waals surface area (Å²) in [6, 6.07) is 2.76. The maximum Gasteiger partial charge on any atom is 0.308 e. The van der Waals surface area contributed by atoms with E-state index in [9.17, 15) is 14.7 Å². The van der Waals surface area contributed by atoms with Crippen LogP contribution in [0.2, 0.25) is 10.0 Å². The third-order valence-corrected chi connectivity index (χ3v) is 3.36. The minimum atomic E-state index is -1.01. The fourth-order valence-electron chi connectivity index (χ4n) is 1.83. The molecule has 1 aromatic carbocycles. The number of aliphatic carboxylic acids is 1. The van der Waals surface area contributed by atoms with Gasteiger partial charge in [0.2, 0.25) is 5.91 Å². The Labute approximate surface area is 113 Å². The van der Waals surface area contributed by atoms with Crippen molar-refractivity contribution in [1.29, 1.82) is 0 Å². The zero-order valence-electron chi connectivity index (χ0n) is 9.06. The van der Waals surface area contributed by atoms with Gasteiger partial charge in [0.25, 0.3) is 0 Å². The number of carbonyl (C=O) groups excluding carboxylic acids is 1. The number of benzene rings is 1. The lowest BCUT2D eigenvalue weighted by atomic mass is 10.1. The van der Waals surface area contributed by atoms with Crippen molar-refractivity contribution in [3.63, 3.8) is 0 Å². The van der Waals surface area contributed by atoms with Gasteiger partial charge in [0.05, 0.1) is 16.0 Å². The van der Waals surface area contributed by atoms with E-state index in [0.29, 0.717) is 5.69 Å². The normalized spacial score (nSPS) is 19.3. The average molecular weight is 290 g/mol. The largest absolute Gasteiger partial charge is 0.505 e. The maximum absolute atomic E-state index is 11.7. The lowest BCUT2D eigenvalue weighted by Crippen LogP contribution is -2.25. The molecule has 1 saturated heterocycles. The first-order chi connectivity index (χ1) is 8.40. The van der Waals surface area contributed by atoms with Crippen LogP contribution in [0.1, 0.15) is 6.42 Å².